The number of rotatable bonds is 42. The Morgan fingerprint density at radius 2 is 0.964 bits per heavy atom. The molecule has 34 heteroatoms. The van der Waals surface area contributed by atoms with Crippen LogP contribution in [0.15, 0.2) is 128 Å². The summed E-state index contributed by atoms with van der Waals surface area (Å²) in [4.78, 5) is 193. The molecule has 6 aromatic rings. The van der Waals surface area contributed by atoms with E-state index in [1.807, 2.05) is 18.2 Å². The van der Waals surface area contributed by atoms with Crippen molar-refractivity contribution >= 4 is 87.8 Å². The number of hydrogen-bond acceptors (Lipinski definition) is 19. The van der Waals surface area contributed by atoms with Crippen LogP contribution in [-0.2, 0) is 94.4 Å². The van der Waals surface area contributed by atoms with Crippen LogP contribution in [0.25, 0.3) is 10.9 Å². The molecule has 1 aliphatic heterocycles. The smallest absolute Gasteiger partial charge is 0.326 e. The number of aliphatic carboxylic acids is 1. The molecule has 34 nitrogen and oxygen atoms in total. The maximum absolute atomic E-state index is 15.0. The number of nitrogens with one attached hydrogen (secondary N) is 13. The first-order valence-corrected chi connectivity index (χ1v) is 36.8. The van der Waals surface area contributed by atoms with E-state index in [1.165, 1.54) is 41.7 Å². The van der Waals surface area contributed by atoms with Gasteiger partial charge in [-0.2, -0.15) is 0 Å². The predicted molar refractivity (Wildman–Crippen MR) is 404 cm³/mol. The van der Waals surface area contributed by atoms with Crippen LogP contribution in [0.2, 0.25) is 0 Å². The number of nitrogens with two attached hydrogens (primary N) is 1. The van der Waals surface area contributed by atoms with Gasteiger partial charge in [-0.1, -0.05) is 133 Å². The molecule has 0 aliphatic carbocycles. The number of carboxylic acids is 1. The van der Waals surface area contributed by atoms with E-state index >= 15 is 0 Å². The minimum Gasteiger partial charge on any atom is -0.508 e. The zero-order valence-electron chi connectivity index (χ0n) is 62.7. The van der Waals surface area contributed by atoms with Crippen molar-refractivity contribution in [3.63, 3.8) is 0 Å². The zero-order valence-corrected chi connectivity index (χ0v) is 62.7. The van der Waals surface area contributed by atoms with Gasteiger partial charge in [-0.3, -0.25) is 57.5 Å². The third-order valence-corrected chi connectivity index (χ3v) is 18.5. The Bertz CT molecular complexity index is 4140. The number of aromatic amines is 2. The van der Waals surface area contributed by atoms with Crippen LogP contribution < -0.4 is 64.2 Å². The van der Waals surface area contributed by atoms with Gasteiger partial charge in [-0.05, 0) is 90.3 Å². The number of imidazole rings is 1. The maximum Gasteiger partial charge on any atom is 0.326 e. The Kier molecular flexibility index (Phi) is 33.1. The Labute approximate surface area is 641 Å². The summed E-state index contributed by atoms with van der Waals surface area (Å²) >= 11 is 0. The van der Waals surface area contributed by atoms with Crippen LogP contribution in [0.5, 0.6) is 5.75 Å². The Balaban J connectivity index is 1.05. The molecule has 12 amide bonds. The van der Waals surface area contributed by atoms with Crippen LogP contribution in [0.1, 0.15) is 95.2 Å². The summed E-state index contributed by atoms with van der Waals surface area (Å²) in [6.07, 6.45) is 3.98. The number of H-pyrrole nitrogens is 2. The van der Waals surface area contributed by atoms with Gasteiger partial charge >= 0.3 is 5.97 Å². The molecular weight excluding hydrogens is 1440 g/mol. The Morgan fingerprint density at radius 3 is 1.50 bits per heavy atom. The summed E-state index contributed by atoms with van der Waals surface area (Å²) in [7, 11) is 0. The molecule has 0 bridgehead atoms. The highest BCUT2D eigenvalue weighted by atomic mass is 16.4. The number of aliphatic hydroxyl groups is 3. The van der Waals surface area contributed by atoms with Crippen LogP contribution in [0, 0.1) is 17.8 Å². The number of para-hydroxylation sites is 1. The van der Waals surface area contributed by atoms with Crippen molar-refractivity contribution in [2.24, 2.45) is 23.5 Å². The fourth-order valence-corrected chi connectivity index (χ4v) is 12.6. The van der Waals surface area contributed by atoms with E-state index < -0.39 is 182 Å². The Hall–Kier alpha value is -11.6. The van der Waals surface area contributed by atoms with Gasteiger partial charge < -0.3 is 105 Å². The second-order valence-corrected chi connectivity index (χ2v) is 28.6. The molecule has 0 spiro atoms. The van der Waals surface area contributed by atoms with Crippen molar-refractivity contribution in [1.29, 1.82) is 0 Å². The number of aliphatic hydroxyl groups excluding tert-OH is 3. The first-order chi connectivity index (χ1) is 52.9. The van der Waals surface area contributed by atoms with Crippen molar-refractivity contribution in [2.75, 3.05) is 32.9 Å². The number of hydrogen-bond donors (Lipinski definition) is 19. The number of aromatic hydroxyl groups is 1. The largest absolute Gasteiger partial charge is 0.508 e. The van der Waals surface area contributed by atoms with Gasteiger partial charge in [0.2, 0.25) is 70.9 Å². The lowest BCUT2D eigenvalue weighted by molar-refractivity contribution is -0.143. The quantitative estimate of drug-likeness (QED) is 0.0201. The lowest BCUT2D eigenvalue weighted by atomic mass is 10.0. The third-order valence-electron chi connectivity index (χ3n) is 18.5. The number of likely N-dealkylation sites (tertiary alicyclic amines) is 1. The predicted octanol–water partition coefficient (Wildman–Crippen LogP) is -1.80. The minimum atomic E-state index is -1.89. The summed E-state index contributed by atoms with van der Waals surface area (Å²) in [5.74, 6) is -13.4. The standard InChI is InChI=1S/C77H102N16O18/c1-42(2)28-54(67(100)81-37-64(98)92-65(44(5)6)75(108)88-59(77(110)111)29-43(3)4)83-70(103)57(34-49-36-79-41-82-49)86-72(105)60(38-94)89-68(101)55(31-47-23-25-50(97)26-24-47)84-69(102)56(33-48-35-80-53-21-14-13-20-51(48)53)85-71(104)61(39-95)90-73(106)62(40-96)91-74(107)63-22-15-27-93(63)76(109)58(32-46-18-11-8-12-19-46)87-66(99)52(78)30-45-16-9-7-10-17-45/h7-14,16-21,23-26,35-36,41-44,52,54-63,65,80,94-97H,15,22,27-34,37-40,78H2,1-6H3,(H,79,82)(H,81,100)(H,83,103)(H,84,102)(H,85,104)(H,86,105)(H,87,99)(H,88,108)(H,89,101)(H,90,106)(H,91,107)(H,92,98)(H,110,111)/t52-,54-,55-,56-,57-,58-,59-,60-,61-,62-,63-,65-/m0/s1. The number of fused-ring (bicyclic) bond motifs is 1. The van der Waals surface area contributed by atoms with Crippen LogP contribution in [-0.4, -0.2) is 228 Å². The molecule has 1 aliphatic rings. The number of benzene rings is 4. The molecule has 7 rings (SSSR count). The molecule has 598 valence electrons. The zero-order chi connectivity index (χ0) is 81.0. The first-order valence-electron chi connectivity index (χ1n) is 36.8. The lowest BCUT2D eigenvalue weighted by Gasteiger charge is -2.30. The number of carbonyl (C=O) groups excluding carboxylic acids is 12. The fraction of sp³-hybridized carbons (Fsp3) is 0.455. The molecule has 0 unspecified atom stereocenters. The summed E-state index contributed by atoms with van der Waals surface area (Å²) in [6, 6.07) is 12.6. The maximum atomic E-state index is 15.0. The molecule has 1 saturated heterocycles. The average molecular weight is 1540 g/mol. The van der Waals surface area contributed by atoms with Crippen molar-refractivity contribution in [2.45, 2.75) is 172 Å². The van der Waals surface area contributed by atoms with Crippen molar-refractivity contribution in [3.05, 3.63) is 156 Å². The number of carbonyl (C=O) groups is 13. The van der Waals surface area contributed by atoms with Crippen LogP contribution >= 0.6 is 0 Å². The van der Waals surface area contributed by atoms with Gasteiger partial charge in [0.25, 0.3) is 0 Å². The van der Waals surface area contributed by atoms with Gasteiger partial charge in [-0.15, -0.1) is 0 Å². The van der Waals surface area contributed by atoms with E-state index in [1.54, 1.807) is 114 Å². The van der Waals surface area contributed by atoms with Crippen LogP contribution in [0.3, 0.4) is 0 Å². The summed E-state index contributed by atoms with van der Waals surface area (Å²) in [5.41, 5.74) is 9.53. The van der Waals surface area contributed by atoms with Crippen molar-refractivity contribution < 1.29 is 87.9 Å². The number of nitrogens with zero attached hydrogens (tertiary/aromatic N) is 2. The van der Waals surface area contributed by atoms with Crippen molar-refractivity contribution in [1.82, 2.24) is 78.3 Å². The van der Waals surface area contributed by atoms with E-state index in [4.69, 9.17) is 5.73 Å². The molecule has 4 aromatic carbocycles. The van der Waals surface area contributed by atoms with E-state index in [0.717, 1.165) is 5.56 Å². The second kappa shape index (κ2) is 42.4. The topological polar surface area (TPSA) is 529 Å². The number of aromatic nitrogens is 3. The molecule has 1 fully saturated rings. The summed E-state index contributed by atoms with van der Waals surface area (Å²) in [5, 5.41) is 80.4. The van der Waals surface area contributed by atoms with E-state index in [9.17, 15) is 87.9 Å². The highest BCUT2D eigenvalue weighted by Gasteiger charge is 2.41. The molecule has 0 saturated carbocycles. The van der Waals surface area contributed by atoms with Gasteiger partial charge in [0.1, 0.15) is 72.2 Å². The van der Waals surface area contributed by atoms with E-state index in [2.05, 4.69) is 73.4 Å². The van der Waals surface area contributed by atoms with Gasteiger partial charge in [0.15, 0.2) is 0 Å². The molecule has 2 aromatic heterocycles. The first kappa shape index (κ1) is 86.6. The highest BCUT2D eigenvalue weighted by Crippen LogP contribution is 2.23. The molecular formula is C77H102N16O18. The van der Waals surface area contributed by atoms with E-state index in [-0.39, 0.29) is 75.5 Å². The van der Waals surface area contributed by atoms with E-state index in [0.29, 0.717) is 39.7 Å². The average Bonchev–Trinajstić information content (AvgIpc) is 1.74. The third kappa shape index (κ3) is 26.3. The van der Waals surface area contributed by atoms with Gasteiger partial charge in [-0.25, -0.2) is 9.78 Å². The number of phenols is 1. The molecule has 12 atom stereocenters. The lowest BCUT2D eigenvalue weighted by Crippen LogP contribution is -2.62. The summed E-state index contributed by atoms with van der Waals surface area (Å²) in [6.45, 7) is 6.45. The monoisotopic (exact) mass is 1540 g/mol. The molecule has 20 N–H and O–H groups in total. The summed E-state index contributed by atoms with van der Waals surface area (Å²) < 4.78 is 0. The normalized spacial score (nSPS) is 15.7. The van der Waals surface area contributed by atoms with Gasteiger partial charge in [0, 0.05) is 61.2 Å². The van der Waals surface area contributed by atoms with Crippen LogP contribution in [0.4, 0.5) is 0 Å². The number of carboxylic acid groups (broad SMARTS) is 1. The number of amides is 12. The second-order valence-electron chi connectivity index (χ2n) is 28.6. The van der Waals surface area contributed by atoms with Crippen molar-refractivity contribution in [3.8, 4) is 5.75 Å². The van der Waals surface area contributed by atoms with Gasteiger partial charge in [0.05, 0.1) is 38.7 Å². The molecule has 0 radical (unpaired) electrons. The Morgan fingerprint density at radius 1 is 0.495 bits per heavy atom. The SMILES string of the molecule is CC(C)C[C@H](NC(=O)[C@@H](NC(=O)CNC(=O)[C@H](CC(C)C)NC(=O)[C@H](Cc1cnc[nH]1)NC(=O)[C@H](CO)NC(=O)[C@H](Cc1ccc(O)cc1)NC(=O)[C@H](Cc1c[nH]c2ccccc12)NC(=O)[C@H](CO)NC(=O)[C@H](CO)NC(=O)[C@@H]1CCCN1C(=O)[C@H](Cc1ccccc1)NC(=O)[C@@H](N)Cc1ccccc1)C(C)C)C(=O)O. The number of phenolic OH excluding ortho intramolecular Hbond substituents is 1. The minimum absolute atomic E-state index is 0.00345. The molecule has 3 heterocycles. The highest BCUT2D eigenvalue weighted by molar-refractivity contribution is 6.00. The molecule has 111 heavy (non-hydrogen) atoms. The fourth-order valence-electron chi connectivity index (χ4n) is 12.6.